The van der Waals surface area contributed by atoms with Gasteiger partial charge in [-0.05, 0) is 47.9 Å². The predicted octanol–water partition coefficient (Wildman–Crippen LogP) is 5.00. The summed E-state index contributed by atoms with van der Waals surface area (Å²) in [7, 11) is 1.60. The first-order valence-corrected chi connectivity index (χ1v) is 9.36. The molecular formula is C22H19BrFNO2. The highest BCUT2D eigenvalue weighted by Crippen LogP contribution is 2.32. The number of ketones is 1. The van der Waals surface area contributed by atoms with Crippen LogP contribution in [0.1, 0.15) is 39.4 Å². The molecule has 0 aliphatic heterocycles. The largest absolute Gasteiger partial charge is 0.318 e. The molecule has 27 heavy (non-hydrogen) atoms. The van der Waals surface area contributed by atoms with Gasteiger partial charge in [0.1, 0.15) is 5.82 Å². The third kappa shape index (κ3) is 4.42. The van der Waals surface area contributed by atoms with Gasteiger partial charge in [-0.1, -0.05) is 40.2 Å². The molecule has 0 N–H and O–H groups in total. The van der Waals surface area contributed by atoms with Crippen molar-refractivity contribution in [1.82, 2.24) is 4.57 Å². The van der Waals surface area contributed by atoms with Crippen molar-refractivity contribution in [2.75, 3.05) is 0 Å². The van der Waals surface area contributed by atoms with E-state index in [1.54, 1.807) is 13.1 Å². The minimum Gasteiger partial charge on any atom is -0.318 e. The number of carbonyl (C=O) groups is 1. The molecule has 1 heterocycles. The molecular weight excluding hydrogens is 409 g/mol. The maximum atomic E-state index is 14.7. The Labute approximate surface area is 165 Å². The topological polar surface area (TPSA) is 39.1 Å². The Morgan fingerprint density at radius 2 is 1.81 bits per heavy atom. The molecule has 3 nitrogen and oxygen atoms in total. The molecule has 2 aromatic carbocycles. The Hall–Kier alpha value is -2.53. The highest BCUT2D eigenvalue weighted by molar-refractivity contribution is 9.10. The molecule has 0 radical (unpaired) electrons. The number of aromatic nitrogens is 1. The fourth-order valence-electron chi connectivity index (χ4n) is 3.08. The van der Waals surface area contributed by atoms with Crippen molar-refractivity contribution in [3.8, 4) is 0 Å². The quantitative estimate of drug-likeness (QED) is 0.537. The summed E-state index contributed by atoms with van der Waals surface area (Å²) in [5.41, 5.74) is 2.43. The minimum atomic E-state index is -0.413. The molecule has 138 valence electrons. The Morgan fingerprint density at radius 1 is 1.11 bits per heavy atom. The van der Waals surface area contributed by atoms with E-state index in [4.69, 9.17) is 0 Å². The van der Waals surface area contributed by atoms with Crippen molar-refractivity contribution in [2.24, 2.45) is 7.05 Å². The van der Waals surface area contributed by atoms with E-state index in [1.807, 2.05) is 37.3 Å². The Kier molecular flexibility index (Phi) is 5.71. The normalized spacial score (nSPS) is 12.0. The highest BCUT2D eigenvalue weighted by Gasteiger charge is 2.22. The van der Waals surface area contributed by atoms with E-state index in [2.05, 4.69) is 15.9 Å². The summed E-state index contributed by atoms with van der Waals surface area (Å²) in [4.78, 5) is 24.4. The van der Waals surface area contributed by atoms with E-state index in [0.717, 1.165) is 15.6 Å². The summed E-state index contributed by atoms with van der Waals surface area (Å²) in [6, 6.07) is 15.5. The maximum absolute atomic E-state index is 14.7. The zero-order chi connectivity index (χ0) is 19.6. The van der Waals surface area contributed by atoms with Gasteiger partial charge in [0.05, 0.1) is 0 Å². The van der Waals surface area contributed by atoms with Gasteiger partial charge < -0.3 is 4.57 Å². The van der Waals surface area contributed by atoms with Crippen LogP contribution in [-0.4, -0.2) is 10.4 Å². The monoisotopic (exact) mass is 427 g/mol. The van der Waals surface area contributed by atoms with Gasteiger partial charge in [0.15, 0.2) is 5.78 Å². The first-order valence-electron chi connectivity index (χ1n) is 8.56. The zero-order valence-corrected chi connectivity index (χ0v) is 16.7. The molecule has 3 aromatic rings. The number of hydrogen-bond donors (Lipinski definition) is 0. The summed E-state index contributed by atoms with van der Waals surface area (Å²) >= 11 is 3.40. The lowest BCUT2D eigenvalue weighted by molar-refractivity contribution is 0.0976. The van der Waals surface area contributed by atoms with Crippen molar-refractivity contribution in [3.63, 3.8) is 0 Å². The molecule has 0 spiro atoms. The number of hydrogen-bond acceptors (Lipinski definition) is 2. The number of benzene rings is 2. The van der Waals surface area contributed by atoms with Crippen molar-refractivity contribution in [3.05, 3.63) is 104 Å². The lowest BCUT2D eigenvalue weighted by Crippen LogP contribution is -2.18. The highest BCUT2D eigenvalue weighted by atomic mass is 79.9. The molecule has 0 amide bonds. The van der Waals surface area contributed by atoms with E-state index in [-0.39, 0.29) is 23.6 Å². The van der Waals surface area contributed by atoms with Crippen LogP contribution in [-0.2, 0) is 7.05 Å². The van der Waals surface area contributed by atoms with Crippen LogP contribution in [0.5, 0.6) is 0 Å². The first kappa shape index (κ1) is 19.2. The van der Waals surface area contributed by atoms with Gasteiger partial charge in [-0.15, -0.1) is 0 Å². The second-order valence-corrected chi connectivity index (χ2v) is 7.54. The SMILES string of the molecule is Cc1ccc(C(CC(=O)c2ccc(=O)n(C)c2)c2ccc(Br)cc2)c(F)c1. The van der Waals surface area contributed by atoms with E-state index >= 15 is 0 Å². The van der Waals surface area contributed by atoms with Crippen LogP contribution < -0.4 is 5.56 Å². The Morgan fingerprint density at radius 3 is 2.44 bits per heavy atom. The first-order chi connectivity index (χ1) is 12.8. The van der Waals surface area contributed by atoms with Crippen LogP contribution in [0.25, 0.3) is 0 Å². The molecule has 0 bridgehead atoms. The van der Waals surface area contributed by atoms with Gasteiger partial charge in [0.2, 0.25) is 5.56 Å². The van der Waals surface area contributed by atoms with Gasteiger partial charge in [-0.2, -0.15) is 0 Å². The smallest absolute Gasteiger partial charge is 0.250 e. The summed E-state index contributed by atoms with van der Waals surface area (Å²) in [6.07, 6.45) is 1.63. The number of halogens is 2. The number of nitrogens with zero attached hydrogens (tertiary/aromatic N) is 1. The maximum Gasteiger partial charge on any atom is 0.250 e. The number of rotatable bonds is 5. The van der Waals surface area contributed by atoms with E-state index in [9.17, 15) is 14.0 Å². The van der Waals surface area contributed by atoms with Gasteiger partial charge in [0.25, 0.3) is 0 Å². The number of Topliss-reactive ketones (excluding diaryl/α,β-unsaturated/α-hetero) is 1. The predicted molar refractivity (Wildman–Crippen MR) is 108 cm³/mol. The molecule has 1 aromatic heterocycles. The van der Waals surface area contributed by atoms with Crippen LogP contribution in [0.15, 0.2) is 70.1 Å². The third-order valence-corrected chi connectivity index (χ3v) is 5.13. The van der Waals surface area contributed by atoms with Gasteiger partial charge in [-0.25, -0.2) is 4.39 Å². The third-order valence-electron chi connectivity index (χ3n) is 4.60. The molecule has 0 aliphatic rings. The van der Waals surface area contributed by atoms with Gasteiger partial charge >= 0.3 is 0 Å². The summed E-state index contributed by atoms with van der Waals surface area (Å²) in [5.74, 6) is -0.877. The van der Waals surface area contributed by atoms with Crippen molar-refractivity contribution < 1.29 is 9.18 Å². The molecule has 5 heteroatoms. The molecule has 0 saturated heterocycles. The van der Waals surface area contributed by atoms with Crippen molar-refractivity contribution in [2.45, 2.75) is 19.3 Å². The molecule has 0 saturated carbocycles. The van der Waals surface area contributed by atoms with Gasteiger partial charge in [0, 0.05) is 41.7 Å². The lowest BCUT2D eigenvalue weighted by atomic mass is 9.85. The van der Waals surface area contributed by atoms with E-state index < -0.39 is 5.92 Å². The summed E-state index contributed by atoms with van der Waals surface area (Å²) in [5, 5.41) is 0. The number of aryl methyl sites for hydroxylation is 2. The van der Waals surface area contributed by atoms with Crippen LogP contribution in [0.4, 0.5) is 4.39 Å². The fraction of sp³-hybridized carbons (Fsp3) is 0.182. The molecule has 0 fully saturated rings. The lowest BCUT2D eigenvalue weighted by Gasteiger charge is -2.19. The van der Waals surface area contributed by atoms with Gasteiger partial charge in [-0.3, -0.25) is 9.59 Å². The van der Waals surface area contributed by atoms with E-state index in [0.29, 0.717) is 11.1 Å². The van der Waals surface area contributed by atoms with Crippen molar-refractivity contribution >= 4 is 21.7 Å². The van der Waals surface area contributed by atoms with Crippen LogP contribution in [0.2, 0.25) is 0 Å². The number of pyridine rings is 1. The average molecular weight is 428 g/mol. The fourth-order valence-corrected chi connectivity index (χ4v) is 3.34. The van der Waals surface area contributed by atoms with Crippen molar-refractivity contribution in [1.29, 1.82) is 0 Å². The minimum absolute atomic E-state index is 0.111. The molecule has 1 unspecified atom stereocenters. The molecule has 1 atom stereocenters. The average Bonchev–Trinajstić information content (AvgIpc) is 2.63. The Balaban J connectivity index is 2.01. The summed E-state index contributed by atoms with van der Waals surface area (Å²) < 4.78 is 17.0. The van der Waals surface area contributed by atoms with E-state index in [1.165, 1.54) is 29.0 Å². The Bertz CT molecular complexity index is 1040. The molecule has 0 aliphatic carbocycles. The van der Waals surface area contributed by atoms with Crippen LogP contribution >= 0.6 is 15.9 Å². The molecule has 3 rings (SSSR count). The van der Waals surface area contributed by atoms with Crippen LogP contribution in [0.3, 0.4) is 0 Å². The number of carbonyl (C=O) groups excluding carboxylic acids is 1. The standard InChI is InChI=1S/C22H19BrFNO2/c1-14-3-9-18(20(24)11-14)19(15-4-7-17(23)8-5-15)12-21(26)16-6-10-22(27)25(2)13-16/h3-11,13,19H,12H2,1-2H3. The summed E-state index contributed by atoms with van der Waals surface area (Å²) in [6.45, 7) is 1.83. The second kappa shape index (κ2) is 8.01. The zero-order valence-electron chi connectivity index (χ0n) is 15.1. The second-order valence-electron chi connectivity index (χ2n) is 6.62. The van der Waals surface area contributed by atoms with Crippen LogP contribution in [0, 0.1) is 12.7 Å².